The maximum absolute atomic E-state index is 10.6. The van der Waals surface area contributed by atoms with Gasteiger partial charge in [0.25, 0.3) is 0 Å². The molecule has 0 aromatic heterocycles. The third-order valence-corrected chi connectivity index (χ3v) is 2.81. The molecule has 2 aromatic rings. The number of carbonyl (C=O) groups is 1. The highest BCUT2D eigenvalue weighted by Gasteiger charge is 2.05. The molecule has 1 N–H and O–H groups in total. The Morgan fingerprint density at radius 1 is 1.22 bits per heavy atom. The van der Waals surface area contributed by atoms with Crippen LogP contribution in [-0.2, 0) is 4.79 Å². The quantitative estimate of drug-likeness (QED) is 0.835. The van der Waals surface area contributed by atoms with Crippen LogP contribution < -0.4 is 4.90 Å². The van der Waals surface area contributed by atoms with Crippen molar-refractivity contribution in [3.63, 3.8) is 0 Å². The zero-order valence-electron chi connectivity index (χ0n) is 10.2. The van der Waals surface area contributed by atoms with Crippen LogP contribution >= 0.6 is 0 Å². The summed E-state index contributed by atoms with van der Waals surface area (Å²) in [5.41, 5.74) is 1.02. The molecule has 0 saturated carbocycles. The number of carboxylic acids is 1. The summed E-state index contributed by atoms with van der Waals surface area (Å²) in [5, 5.41) is 11.0. The van der Waals surface area contributed by atoms with Crippen LogP contribution in [0.15, 0.2) is 54.7 Å². The van der Waals surface area contributed by atoms with Crippen molar-refractivity contribution in [3.05, 3.63) is 54.7 Å². The van der Waals surface area contributed by atoms with Gasteiger partial charge in [-0.3, -0.25) is 0 Å². The molecule has 0 saturated heterocycles. The minimum atomic E-state index is -0.936. The Kier molecular flexibility index (Phi) is 3.63. The Morgan fingerprint density at radius 2 is 1.94 bits per heavy atom. The van der Waals surface area contributed by atoms with Crippen LogP contribution in [0, 0.1) is 0 Å². The second kappa shape index (κ2) is 5.36. The van der Waals surface area contributed by atoms with Crippen LogP contribution in [0.5, 0.6) is 0 Å². The Morgan fingerprint density at radius 3 is 2.67 bits per heavy atom. The molecule has 0 unspecified atom stereocenters. The summed E-state index contributed by atoms with van der Waals surface area (Å²) in [7, 11) is 0. The molecule has 0 amide bonds. The second-order valence-electron chi connectivity index (χ2n) is 3.94. The third kappa shape index (κ3) is 2.51. The van der Waals surface area contributed by atoms with E-state index in [2.05, 4.69) is 0 Å². The van der Waals surface area contributed by atoms with E-state index in [0.717, 1.165) is 29.1 Å². The summed E-state index contributed by atoms with van der Waals surface area (Å²) in [6, 6.07) is 14.1. The van der Waals surface area contributed by atoms with Crippen molar-refractivity contribution in [1.29, 1.82) is 0 Å². The lowest BCUT2D eigenvalue weighted by Gasteiger charge is -2.20. The third-order valence-electron chi connectivity index (χ3n) is 2.81. The Balaban J connectivity index is 2.48. The van der Waals surface area contributed by atoms with Gasteiger partial charge in [-0.15, -0.1) is 0 Å². The van der Waals surface area contributed by atoms with Gasteiger partial charge in [0.15, 0.2) is 0 Å². The smallest absolute Gasteiger partial charge is 0.329 e. The molecule has 0 aliphatic heterocycles. The summed E-state index contributed by atoms with van der Waals surface area (Å²) < 4.78 is 0. The predicted octanol–water partition coefficient (Wildman–Crippen LogP) is 3.26. The van der Waals surface area contributed by atoms with Crippen LogP contribution in [0.4, 0.5) is 5.69 Å². The maximum atomic E-state index is 10.6. The number of carboxylic acid groups (broad SMARTS) is 1. The van der Waals surface area contributed by atoms with Crippen molar-refractivity contribution in [2.24, 2.45) is 0 Å². The van der Waals surface area contributed by atoms with Crippen molar-refractivity contribution in [2.75, 3.05) is 11.4 Å². The minimum Gasteiger partial charge on any atom is -0.478 e. The van der Waals surface area contributed by atoms with E-state index in [-0.39, 0.29) is 0 Å². The first-order chi connectivity index (χ1) is 8.72. The molecule has 3 heteroatoms. The lowest BCUT2D eigenvalue weighted by atomic mass is 10.1. The largest absolute Gasteiger partial charge is 0.478 e. The molecule has 0 radical (unpaired) electrons. The normalized spacial score (nSPS) is 10.9. The highest BCUT2D eigenvalue weighted by Crippen LogP contribution is 2.26. The molecule has 3 nitrogen and oxygen atoms in total. The number of rotatable bonds is 4. The summed E-state index contributed by atoms with van der Waals surface area (Å²) in [5.74, 6) is -0.936. The van der Waals surface area contributed by atoms with E-state index in [9.17, 15) is 4.79 Å². The summed E-state index contributed by atoms with van der Waals surface area (Å²) in [6.07, 6.45) is 2.76. The first-order valence-corrected chi connectivity index (χ1v) is 5.88. The van der Waals surface area contributed by atoms with Gasteiger partial charge >= 0.3 is 5.97 Å². The zero-order valence-corrected chi connectivity index (χ0v) is 10.2. The number of anilines is 1. The number of benzene rings is 2. The van der Waals surface area contributed by atoms with E-state index in [1.165, 1.54) is 0 Å². The summed E-state index contributed by atoms with van der Waals surface area (Å²) in [6.45, 7) is 2.71. The van der Waals surface area contributed by atoms with E-state index in [1.807, 2.05) is 54.3 Å². The summed E-state index contributed by atoms with van der Waals surface area (Å²) >= 11 is 0. The van der Waals surface area contributed by atoms with Gasteiger partial charge in [0.05, 0.1) is 0 Å². The fourth-order valence-electron chi connectivity index (χ4n) is 1.97. The Hall–Kier alpha value is -2.29. The van der Waals surface area contributed by atoms with Gasteiger partial charge in [0.2, 0.25) is 0 Å². The number of fused-ring (bicyclic) bond motifs is 1. The SMILES string of the molecule is CCN(C=CC(=O)O)c1cccc2ccccc12. The summed E-state index contributed by atoms with van der Waals surface area (Å²) in [4.78, 5) is 12.5. The first-order valence-electron chi connectivity index (χ1n) is 5.88. The highest BCUT2D eigenvalue weighted by atomic mass is 16.4. The van der Waals surface area contributed by atoms with E-state index in [0.29, 0.717) is 0 Å². The van der Waals surface area contributed by atoms with Gasteiger partial charge in [0.1, 0.15) is 0 Å². The van der Waals surface area contributed by atoms with Gasteiger partial charge < -0.3 is 10.0 Å². The van der Waals surface area contributed by atoms with Crippen molar-refractivity contribution >= 4 is 22.4 Å². The van der Waals surface area contributed by atoms with Gasteiger partial charge in [-0.25, -0.2) is 4.79 Å². The van der Waals surface area contributed by atoms with Gasteiger partial charge in [0, 0.05) is 29.9 Å². The van der Waals surface area contributed by atoms with Gasteiger partial charge in [-0.05, 0) is 18.4 Å². The number of hydrogen-bond acceptors (Lipinski definition) is 2. The van der Waals surface area contributed by atoms with E-state index in [1.54, 1.807) is 6.20 Å². The Bertz CT molecular complexity index is 585. The van der Waals surface area contributed by atoms with Crippen molar-refractivity contribution in [2.45, 2.75) is 6.92 Å². The number of hydrogen-bond donors (Lipinski definition) is 1. The van der Waals surface area contributed by atoms with Crippen molar-refractivity contribution in [1.82, 2.24) is 0 Å². The molecule has 2 rings (SSSR count). The monoisotopic (exact) mass is 241 g/mol. The maximum Gasteiger partial charge on any atom is 0.329 e. The molecule has 0 spiro atoms. The molecule has 0 bridgehead atoms. The second-order valence-corrected chi connectivity index (χ2v) is 3.94. The average molecular weight is 241 g/mol. The minimum absolute atomic E-state index is 0.720. The average Bonchev–Trinajstić information content (AvgIpc) is 2.39. The number of aliphatic carboxylic acids is 1. The highest BCUT2D eigenvalue weighted by molar-refractivity contribution is 5.95. The number of nitrogens with zero attached hydrogens (tertiary/aromatic N) is 1. The van der Waals surface area contributed by atoms with Gasteiger partial charge in [-0.1, -0.05) is 36.4 Å². The molecular weight excluding hydrogens is 226 g/mol. The van der Waals surface area contributed by atoms with Crippen LogP contribution in [0.1, 0.15) is 6.92 Å². The molecule has 0 heterocycles. The predicted molar refractivity (Wildman–Crippen MR) is 73.7 cm³/mol. The lowest BCUT2D eigenvalue weighted by Crippen LogP contribution is -2.15. The molecule has 0 aliphatic rings. The van der Waals surface area contributed by atoms with E-state index >= 15 is 0 Å². The van der Waals surface area contributed by atoms with Crippen LogP contribution in [-0.4, -0.2) is 17.6 Å². The van der Waals surface area contributed by atoms with Crippen molar-refractivity contribution < 1.29 is 9.90 Å². The molecule has 2 aromatic carbocycles. The molecule has 92 valence electrons. The van der Waals surface area contributed by atoms with Gasteiger partial charge in [-0.2, -0.15) is 0 Å². The standard InChI is InChI=1S/C15H15NO2/c1-2-16(11-10-15(17)18)14-9-5-7-12-6-3-4-8-13(12)14/h3-11H,2H2,1H3,(H,17,18). The van der Waals surface area contributed by atoms with Crippen molar-refractivity contribution in [3.8, 4) is 0 Å². The fraction of sp³-hybridized carbons (Fsp3) is 0.133. The van der Waals surface area contributed by atoms with Crippen LogP contribution in [0.3, 0.4) is 0 Å². The zero-order chi connectivity index (χ0) is 13.0. The van der Waals surface area contributed by atoms with Crippen LogP contribution in [0.2, 0.25) is 0 Å². The fourth-order valence-corrected chi connectivity index (χ4v) is 1.97. The molecule has 0 atom stereocenters. The molecule has 0 aliphatic carbocycles. The Labute approximate surface area is 106 Å². The first kappa shape index (κ1) is 12.2. The van der Waals surface area contributed by atoms with E-state index < -0.39 is 5.97 Å². The lowest BCUT2D eigenvalue weighted by molar-refractivity contribution is -0.131. The van der Waals surface area contributed by atoms with Crippen LogP contribution in [0.25, 0.3) is 10.8 Å². The molecule has 18 heavy (non-hydrogen) atoms. The van der Waals surface area contributed by atoms with E-state index in [4.69, 9.17) is 5.11 Å². The molecular formula is C15H15NO2. The molecule has 0 fully saturated rings. The topological polar surface area (TPSA) is 40.5 Å².